The van der Waals surface area contributed by atoms with Crippen molar-refractivity contribution in [3.05, 3.63) is 70.1 Å². The van der Waals surface area contributed by atoms with Gasteiger partial charge in [-0.05, 0) is 31.5 Å². The Kier molecular flexibility index (Phi) is 7.05. The van der Waals surface area contributed by atoms with Gasteiger partial charge in [-0.2, -0.15) is 0 Å². The predicted octanol–water partition coefficient (Wildman–Crippen LogP) is 2.43. The zero-order chi connectivity index (χ0) is 22.5. The molecule has 2 fully saturated rings. The predicted molar refractivity (Wildman–Crippen MR) is 123 cm³/mol. The molecule has 0 radical (unpaired) electrons. The summed E-state index contributed by atoms with van der Waals surface area (Å²) in [5, 5.41) is 3.04. The maximum atomic E-state index is 13.4. The van der Waals surface area contributed by atoms with Crippen LogP contribution in [0.5, 0.6) is 0 Å². The van der Waals surface area contributed by atoms with Crippen LogP contribution in [0, 0.1) is 0 Å². The van der Waals surface area contributed by atoms with E-state index in [2.05, 4.69) is 17.3 Å². The quantitative estimate of drug-likeness (QED) is 0.781. The fraction of sp³-hybridized carbons (Fsp3) is 0.480. The van der Waals surface area contributed by atoms with Crippen molar-refractivity contribution >= 4 is 11.8 Å². The number of benzene rings is 1. The molecular formula is C25H32N4O3. The molecule has 0 bridgehead atoms. The molecule has 0 unspecified atom stereocenters. The van der Waals surface area contributed by atoms with Crippen LogP contribution >= 0.6 is 0 Å². The molecule has 1 aliphatic heterocycles. The van der Waals surface area contributed by atoms with Crippen LogP contribution in [0.2, 0.25) is 0 Å². The molecule has 2 amide bonds. The third kappa shape index (κ3) is 5.27. The Balaban J connectivity index is 1.50. The molecule has 7 heteroatoms. The Bertz CT molecular complexity index is 998. The van der Waals surface area contributed by atoms with Crippen molar-refractivity contribution in [1.29, 1.82) is 0 Å². The summed E-state index contributed by atoms with van der Waals surface area (Å²) in [5.41, 5.74) is 1.24. The van der Waals surface area contributed by atoms with Gasteiger partial charge in [0.1, 0.15) is 6.54 Å². The minimum atomic E-state index is -0.279. The molecule has 1 saturated carbocycles. The molecule has 1 saturated heterocycles. The summed E-state index contributed by atoms with van der Waals surface area (Å²) in [4.78, 5) is 42.4. The Labute approximate surface area is 189 Å². The summed E-state index contributed by atoms with van der Waals surface area (Å²) >= 11 is 0. The van der Waals surface area contributed by atoms with Crippen LogP contribution < -0.4 is 10.9 Å². The van der Waals surface area contributed by atoms with Gasteiger partial charge in [0.25, 0.3) is 11.5 Å². The lowest BCUT2D eigenvalue weighted by molar-refractivity contribution is -0.122. The van der Waals surface area contributed by atoms with Crippen LogP contribution in [-0.2, 0) is 11.3 Å². The topological polar surface area (TPSA) is 74.7 Å². The number of rotatable bonds is 5. The average molecular weight is 437 g/mol. The highest BCUT2D eigenvalue weighted by molar-refractivity contribution is 5.94. The molecule has 1 atom stereocenters. The second-order valence-electron chi connectivity index (χ2n) is 8.97. The molecule has 2 heterocycles. The van der Waals surface area contributed by atoms with Crippen LogP contribution in [0.4, 0.5) is 0 Å². The van der Waals surface area contributed by atoms with Gasteiger partial charge in [0.2, 0.25) is 5.91 Å². The van der Waals surface area contributed by atoms with Crippen molar-refractivity contribution in [2.75, 3.05) is 26.7 Å². The van der Waals surface area contributed by atoms with E-state index in [1.807, 2.05) is 35.2 Å². The van der Waals surface area contributed by atoms with E-state index in [1.54, 1.807) is 6.07 Å². The average Bonchev–Trinajstić information content (AvgIpc) is 2.81. The number of hydrogen-bond acceptors (Lipinski definition) is 4. The maximum absolute atomic E-state index is 13.4. The number of amides is 2. The minimum Gasteiger partial charge on any atom is -0.352 e. The summed E-state index contributed by atoms with van der Waals surface area (Å²) < 4.78 is 1.35. The zero-order valence-electron chi connectivity index (χ0n) is 18.7. The van der Waals surface area contributed by atoms with Crippen molar-refractivity contribution in [3.63, 3.8) is 0 Å². The SMILES string of the molecule is CN1CCN(C(=O)c2ccc(=O)n(CC(=O)NC3CCCCC3)c2)[C@H](c2ccccc2)C1. The molecule has 1 aliphatic carbocycles. The van der Waals surface area contributed by atoms with Gasteiger partial charge in [-0.15, -0.1) is 0 Å². The summed E-state index contributed by atoms with van der Waals surface area (Å²) in [6.45, 7) is 2.08. The summed E-state index contributed by atoms with van der Waals surface area (Å²) in [6, 6.07) is 13.1. The first-order valence-corrected chi connectivity index (χ1v) is 11.6. The van der Waals surface area contributed by atoms with Gasteiger partial charge in [0.15, 0.2) is 0 Å². The summed E-state index contributed by atoms with van der Waals surface area (Å²) in [7, 11) is 2.06. The van der Waals surface area contributed by atoms with Gasteiger partial charge in [0.05, 0.1) is 11.6 Å². The van der Waals surface area contributed by atoms with Crippen LogP contribution in [0.25, 0.3) is 0 Å². The second-order valence-corrected chi connectivity index (χ2v) is 8.97. The summed E-state index contributed by atoms with van der Waals surface area (Å²) in [6.07, 6.45) is 6.98. The van der Waals surface area contributed by atoms with E-state index >= 15 is 0 Å². The zero-order valence-corrected chi connectivity index (χ0v) is 18.7. The minimum absolute atomic E-state index is 0.0579. The number of likely N-dealkylation sites (N-methyl/N-ethyl adjacent to an activating group) is 1. The molecule has 4 rings (SSSR count). The van der Waals surface area contributed by atoms with Gasteiger partial charge < -0.3 is 19.7 Å². The number of nitrogens with one attached hydrogen (secondary N) is 1. The number of carbonyl (C=O) groups is 2. The highest BCUT2D eigenvalue weighted by Gasteiger charge is 2.31. The van der Waals surface area contributed by atoms with Gasteiger partial charge in [0, 0.05) is 37.9 Å². The third-order valence-corrected chi connectivity index (χ3v) is 6.54. The van der Waals surface area contributed by atoms with E-state index in [-0.39, 0.29) is 36.0 Å². The molecule has 1 N–H and O–H groups in total. The van der Waals surface area contributed by atoms with E-state index in [0.717, 1.165) is 44.3 Å². The van der Waals surface area contributed by atoms with Crippen molar-refractivity contribution in [2.45, 2.75) is 50.7 Å². The lowest BCUT2D eigenvalue weighted by Crippen LogP contribution is -2.49. The van der Waals surface area contributed by atoms with E-state index in [9.17, 15) is 14.4 Å². The number of nitrogens with zero attached hydrogens (tertiary/aromatic N) is 3. The number of piperazine rings is 1. The van der Waals surface area contributed by atoms with Crippen LogP contribution in [0.15, 0.2) is 53.5 Å². The highest BCUT2D eigenvalue weighted by Crippen LogP contribution is 2.26. The Morgan fingerprint density at radius 1 is 1.00 bits per heavy atom. The second kappa shape index (κ2) is 10.1. The lowest BCUT2D eigenvalue weighted by atomic mass is 9.95. The Morgan fingerprint density at radius 3 is 2.50 bits per heavy atom. The van der Waals surface area contributed by atoms with Gasteiger partial charge in [-0.25, -0.2) is 0 Å². The van der Waals surface area contributed by atoms with E-state index in [4.69, 9.17) is 0 Å². The van der Waals surface area contributed by atoms with Crippen molar-refractivity contribution in [2.24, 2.45) is 0 Å². The van der Waals surface area contributed by atoms with Gasteiger partial charge in [-0.1, -0.05) is 49.6 Å². The Hall–Kier alpha value is -2.93. The molecule has 2 aromatic rings. The standard InChI is InChI=1S/C25H32N4O3/c1-27-14-15-29(22(17-27)19-8-4-2-5-9-19)25(32)20-12-13-24(31)28(16-20)18-23(30)26-21-10-6-3-7-11-21/h2,4-5,8-9,12-13,16,21-22H,3,6-7,10-11,14-15,17-18H2,1H3,(H,26,30)/t22-/m0/s1. The molecular weight excluding hydrogens is 404 g/mol. The van der Waals surface area contributed by atoms with E-state index in [1.165, 1.54) is 23.3 Å². The molecule has 2 aliphatic rings. The van der Waals surface area contributed by atoms with Crippen molar-refractivity contribution in [3.8, 4) is 0 Å². The fourth-order valence-corrected chi connectivity index (χ4v) is 4.75. The molecule has 1 aromatic heterocycles. The molecule has 170 valence electrons. The maximum Gasteiger partial charge on any atom is 0.255 e. The van der Waals surface area contributed by atoms with Crippen LogP contribution in [0.3, 0.4) is 0 Å². The highest BCUT2D eigenvalue weighted by atomic mass is 16.2. The van der Waals surface area contributed by atoms with E-state index < -0.39 is 0 Å². The van der Waals surface area contributed by atoms with Crippen LogP contribution in [-0.4, -0.2) is 58.9 Å². The Morgan fingerprint density at radius 2 is 1.75 bits per heavy atom. The van der Waals surface area contributed by atoms with Gasteiger partial charge >= 0.3 is 0 Å². The molecule has 7 nitrogen and oxygen atoms in total. The molecule has 1 aromatic carbocycles. The first-order valence-electron chi connectivity index (χ1n) is 11.6. The normalized spacial score (nSPS) is 20.2. The van der Waals surface area contributed by atoms with Gasteiger partial charge in [-0.3, -0.25) is 14.4 Å². The number of hydrogen-bond donors (Lipinski definition) is 1. The monoisotopic (exact) mass is 436 g/mol. The fourth-order valence-electron chi connectivity index (χ4n) is 4.75. The first kappa shape index (κ1) is 22.3. The van der Waals surface area contributed by atoms with E-state index in [0.29, 0.717) is 12.1 Å². The van der Waals surface area contributed by atoms with Crippen LogP contribution in [0.1, 0.15) is 54.1 Å². The number of carbonyl (C=O) groups excluding carboxylic acids is 2. The number of pyridine rings is 1. The summed E-state index contributed by atoms with van der Waals surface area (Å²) in [5.74, 6) is -0.293. The molecule has 0 spiro atoms. The number of aromatic nitrogens is 1. The van der Waals surface area contributed by atoms with Crippen molar-refractivity contribution in [1.82, 2.24) is 19.7 Å². The first-order chi connectivity index (χ1) is 15.5. The lowest BCUT2D eigenvalue weighted by Gasteiger charge is -2.40. The molecule has 32 heavy (non-hydrogen) atoms. The van der Waals surface area contributed by atoms with Crippen molar-refractivity contribution < 1.29 is 9.59 Å². The third-order valence-electron chi connectivity index (χ3n) is 6.54. The largest absolute Gasteiger partial charge is 0.352 e. The smallest absolute Gasteiger partial charge is 0.255 e.